The predicted molar refractivity (Wildman–Crippen MR) is 111 cm³/mol. The molecule has 1 saturated carbocycles. The number of sulfonamides is 1. The van der Waals surface area contributed by atoms with Gasteiger partial charge < -0.3 is 10.1 Å². The maximum atomic E-state index is 12.7. The first-order valence-corrected chi connectivity index (χ1v) is 11.5. The molecule has 2 N–H and O–H groups in total. The molecule has 6 nitrogen and oxygen atoms in total. The zero-order valence-corrected chi connectivity index (χ0v) is 17.3. The van der Waals surface area contributed by atoms with Gasteiger partial charge in [-0.05, 0) is 61.9 Å². The number of anilines is 1. The number of hydrogen-bond acceptors (Lipinski definition) is 4. The van der Waals surface area contributed by atoms with Crippen LogP contribution in [0.1, 0.15) is 36.8 Å². The van der Waals surface area contributed by atoms with Gasteiger partial charge in [-0.1, -0.05) is 30.3 Å². The first-order valence-electron chi connectivity index (χ1n) is 10.00. The number of ether oxygens (including phenoxy) is 1. The maximum absolute atomic E-state index is 12.7. The van der Waals surface area contributed by atoms with Gasteiger partial charge in [0.15, 0.2) is 0 Å². The monoisotopic (exact) mass is 414 g/mol. The molecule has 1 amide bonds. The van der Waals surface area contributed by atoms with E-state index in [4.69, 9.17) is 4.74 Å². The molecule has 1 saturated heterocycles. The van der Waals surface area contributed by atoms with Gasteiger partial charge in [-0.15, -0.1) is 0 Å². The molecule has 29 heavy (non-hydrogen) atoms. The van der Waals surface area contributed by atoms with Gasteiger partial charge in [-0.25, -0.2) is 8.42 Å². The van der Waals surface area contributed by atoms with Crippen LogP contribution in [0.4, 0.5) is 5.69 Å². The molecule has 0 radical (unpaired) electrons. The van der Waals surface area contributed by atoms with Crippen LogP contribution in [0.5, 0.6) is 0 Å². The second-order valence-corrected chi connectivity index (χ2v) is 9.53. The highest BCUT2D eigenvalue weighted by Crippen LogP contribution is 2.48. The molecule has 0 spiro atoms. The van der Waals surface area contributed by atoms with Gasteiger partial charge in [0.05, 0.1) is 16.4 Å². The van der Waals surface area contributed by atoms with Crippen molar-refractivity contribution in [1.82, 2.24) is 5.32 Å². The van der Waals surface area contributed by atoms with Crippen LogP contribution >= 0.6 is 0 Å². The minimum Gasteiger partial charge on any atom is -0.376 e. The van der Waals surface area contributed by atoms with Crippen LogP contribution in [0.3, 0.4) is 0 Å². The molecule has 154 valence electrons. The summed E-state index contributed by atoms with van der Waals surface area (Å²) in [6, 6.07) is 14.0. The van der Waals surface area contributed by atoms with Crippen molar-refractivity contribution in [2.45, 2.75) is 49.0 Å². The number of benzene rings is 2. The summed E-state index contributed by atoms with van der Waals surface area (Å²) in [4.78, 5) is 13.0. The minimum atomic E-state index is -3.65. The quantitative estimate of drug-likeness (QED) is 0.729. The lowest BCUT2D eigenvalue weighted by Crippen LogP contribution is -2.39. The largest absolute Gasteiger partial charge is 0.376 e. The number of rotatable bonds is 7. The standard InChI is InChI=1S/C22H26N2O4S/c1-16-5-2-3-7-20(16)29(26,27)24-18-10-8-17(9-11-18)22(12-13-22)21(25)23-15-19-6-4-14-28-19/h2-3,5,7-11,19,24H,4,6,12-15H2,1H3,(H,23,25). The van der Waals surface area contributed by atoms with E-state index in [-0.39, 0.29) is 16.9 Å². The Bertz CT molecular complexity index is 992. The van der Waals surface area contributed by atoms with Crippen LogP contribution < -0.4 is 10.0 Å². The van der Waals surface area contributed by atoms with E-state index in [0.717, 1.165) is 37.9 Å². The number of nitrogens with one attached hydrogen (secondary N) is 2. The summed E-state index contributed by atoms with van der Waals surface area (Å²) in [6.45, 7) is 3.09. The zero-order chi connectivity index (χ0) is 20.5. The van der Waals surface area contributed by atoms with E-state index in [0.29, 0.717) is 17.8 Å². The summed E-state index contributed by atoms with van der Waals surface area (Å²) < 4.78 is 33.5. The van der Waals surface area contributed by atoms with Gasteiger partial charge >= 0.3 is 0 Å². The van der Waals surface area contributed by atoms with E-state index < -0.39 is 15.4 Å². The summed E-state index contributed by atoms with van der Waals surface area (Å²) in [5.74, 6) is 0.0289. The van der Waals surface area contributed by atoms with E-state index in [9.17, 15) is 13.2 Å². The smallest absolute Gasteiger partial charge is 0.262 e. The van der Waals surface area contributed by atoms with E-state index >= 15 is 0 Å². The third kappa shape index (κ3) is 4.16. The van der Waals surface area contributed by atoms with Crippen LogP contribution in [-0.2, 0) is 25.0 Å². The van der Waals surface area contributed by atoms with Gasteiger partial charge in [-0.2, -0.15) is 0 Å². The minimum absolute atomic E-state index is 0.0289. The maximum Gasteiger partial charge on any atom is 0.262 e. The van der Waals surface area contributed by atoms with Crippen molar-refractivity contribution >= 4 is 21.6 Å². The molecular weight excluding hydrogens is 388 g/mol. The third-order valence-electron chi connectivity index (χ3n) is 5.77. The Labute approximate surface area is 171 Å². The molecule has 2 aliphatic rings. The normalized spacial score (nSPS) is 20.2. The summed E-state index contributed by atoms with van der Waals surface area (Å²) in [6.07, 6.45) is 3.76. The van der Waals surface area contributed by atoms with Gasteiger partial charge in [0, 0.05) is 18.8 Å². The Kier molecular flexibility index (Phi) is 5.36. The van der Waals surface area contributed by atoms with Crippen LogP contribution in [0.2, 0.25) is 0 Å². The SMILES string of the molecule is Cc1ccccc1S(=O)(=O)Nc1ccc(C2(C(=O)NCC3CCCO3)CC2)cc1. The molecule has 1 heterocycles. The van der Waals surface area contributed by atoms with Crippen LogP contribution in [0.15, 0.2) is 53.4 Å². The molecule has 2 aromatic rings. The highest BCUT2D eigenvalue weighted by molar-refractivity contribution is 7.92. The lowest BCUT2D eigenvalue weighted by atomic mass is 9.94. The lowest BCUT2D eigenvalue weighted by molar-refractivity contribution is -0.124. The van der Waals surface area contributed by atoms with Crippen molar-refractivity contribution in [3.63, 3.8) is 0 Å². The van der Waals surface area contributed by atoms with E-state index in [1.807, 2.05) is 18.2 Å². The zero-order valence-electron chi connectivity index (χ0n) is 16.5. The van der Waals surface area contributed by atoms with Crippen LogP contribution in [-0.4, -0.2) is 33.6 Å². The second-order valence-electron chi connectivity index (χ2n) is 7.88. The second kappa shape index (κ2) is 7.80. The number of aryl methyl sites for hydroxylation is 1. The summed E-state index contributed by atoms with van der Waals surface area (Å²) in [5.41, 5.74) is 1.59. The molecule has 7 heteroatoms. The van der Waals surface area contributed by atoms with Crippen molar-refractivity contribution in [2.75, 3.05) is 17.9 Å². The fourth-order valence-electron chi connectivity index (χ4n) is 3.88. The van der Waals surface area contributed by atoms with Gasteiger partial charge in [0.1, 0.15) is 0 Å². The molecule has 1 atom stereocenters. The summed E-state index contributed by atoms with van der Waals surface area (Å²) >= 11 is 0. The molecule has 4 rings (SSSR count). The molecule has 2 fully saturated rings. The van der Waals surface area contributed by atoms with E-state index in [2.05, 4.69) is 10.0 Å². The summed E-state index contributed by atoms with van der Waals surface area (Å²) in [5, 5.41) is 3.03. The van der Waals surface area contributed by atoms with Gasteiger partial charge in [-0.3, -0.25) is 9.52 Å². The average Bonchev–Trinajstić information content (AvgIpc) is 3.35. The van der Waals surface area contributed by atoms with Crippen molar-refractivity contribution in [1.29, 1.82) is 0 Å². The van der Waals surface area contributed by atoms with Crippen LogP contribution in [0, 0.1) is 6.92 Å². The topological polar surface area (TPSA) is 84.5 Å². The van der Waals surface area contributed by atoms with Crippen molar-refractivity contribution in [2.24, 2.45) is 0 Å². The highest BCUT2D eigenvalue weighted by Gasteiger charge is 2.51. The van der Waals surface area contributed by atoms with E-state index in [1.165, 1.54) is 0 Å². The molecule has 2 aromatic carbocycles. The molecular formula is C22H26N2O4S. The molecule has 0 aromatic heterocycles. The van der Waals surface area contributed by atoms with Gasteiger partial charge in [0.2, 0.25) is 5.91 Å². The van der Waals surface area contributed by atoms with Crippen molar-refractivity contribution < 1.29 is 17.9 Å². The molecule has 0 bridgehead atoms. The number of carbonyl (C=O) groups is 1. The Balaban J connectivity index is 1.43. The Morgan fingerprint density at radius 2 is 1.86 bits per heavy atom. The predicted octanol–water partition coefficient (Wildman–Crippen LogP) is 3.12. The lowest BCUT2D eigenvalue weighted by Gasteiger charge is -2.18. The molecule has 1 aliphatic heterocycles. The number of hydrogen-bond donors (Lipinski definition) is 2. The fraction of sp³-hybridized carbons (Fsp3) is 0.409. The summed E-state index contributed by atoms with van der Waals surface area (Å²) in [7, 11) is -3.65. The van der Waals surface area contributed by atoms with Crippen molar-refractivity contribution in [3.8, 4) is 0 Å². The average molecular weight is 415 g/mol. The first kappa shape index (κ1) is 19.9. The fourth-order valence-corrected chi connectivity index (χ4v) is 5.18. The van der Waals surface area contributed by atoms with Crippen molar-refractivity contribution in [3.05, 3.63) is 59.7 Å². The van der Waals surface area contributed by atoms with Gasteiger partial charge in [0.25, 0.3) is 10.0 Å². The highest BCUT2D eigenvalue weighted by atomic mass is 32.2. The Morgan fingerprint density at radius 1 is 1.14 bits per heavy atom. The third-order valence-corrected chi connectivity index (χ3v) is 7.31. The van der Waals surface area contributed by atoms with Crippen LogP contribution in [0.25, 0.3) is 0 Å². The first-order chi connectivity index (χ1) is 13.9. The Morgan fingerprint density at radius 3 is 2.48 bits per heavy atom. The number of carbonyl (C=O) groups excluding carboxylic acids is 1. The molecule has 1 aliphatic carbocycles. The number of amides is 1. The van der Waals surface area contributed by atoms with E-state index in [1.54, 1.807) is 37.3 Å². The Hall–Kier alpha value is -2.38. The molecule has 1 unspecified atom stereocenters.